The molecule has 0 aromatic carbocycles. The van der Waals surface area contributed by atoms with Crippen molar-refractivity contribution in [1.29, 1.82) is 0 Å². The van der Waals surface area contributed by atoms with E-state index in [2.05, 4.69) is 40.9 Å². The molecule has 1 aliphatic heterocycles. The first-order chi connectivity index (χ1) is 14.5. The number of nitrogen functional groups attached to an aromatic ring is 1. The van der Waals surface area contributed by atoms with Gasteiger partial charge in [-0.25, -0.2) is 9.97 Å². The first-order valence-electron chi connectivity index (χ1n) is 10.8. The molecule has 6 heteroatoms. The molecule has 3 N–H and O–H groups in total. The van der Waals surface area contributed by atoms with Gasteiger partial charge in [-0.05, 0) is 49.4 Å². The van der Waals surface area contributed by atoms with E-state index in [1.54, 1.807) is 18.3 Å². The first kappa shape index (κ1) is 20.4. The maximum atomic E-state index is 13.3. The van der Waals surface area contributed by atoms with Crippen LogP contribution in [0.5, 0.6) is 0 Å². The molecule has 0 bridgehead atoms. The Hall–Kier alpha value is -2.91. The molecule has 162 valence electrons. The molecule has 0 unspecified atom stereocenters. The number of hydrogen-bond donors (Lipinski definition) is 2. The third kappa shape index (κ3) is 4.80. The Morgan fingerprint density at radius 2 is 2.20 bits per heavy atom. The molecule has 1 aliphatic carbocycles. The lowest BCUT2D eigenvalue weighted by molar-refractivity contribution is 0.103. The number of piperazine rings is 1. The minimum absolute atomic E-state index is 0. The van der Waals surface area contributed by atoms with Crippen molar-refractivity contribution < 1.29 is 9.07 Å². The van der Waals surface area contributed by atoms with Crippen LogP contribution in [0.15, 0.2) is 30.5 Å². The predicted octanol–water partition coefficient (Wildman–Crippen LogP) is 3.61. The van der Waals surface area contributed by atoms with Gasteiger partial charge in [-0.15, -0.1) is 0 Å². The van der Waals surface area contributed by atoms with Crippen molar-refractivity contribution in [3.05, 3.63) is 47.3 Å². The van der Waals surface area contributed by atoms with Crippen LogP contribution in [0.3, 0.4) is 0 Å². The summed E-state index contributed by atoms with van der Waals surface area (Å²) in [5.74, 6) is 8.31. The summed E-state index contributed by atoms with van der Waals surface area (Å²) in [5, 5.41) is 3.59. The number of anilines is 2. The lowest BCUT2D eigenvalue weighted by Crippen LogP contribution is -2.51. The zero-order valence-corrected chi connectivity index (χ0v) is 17.7. The van der Waals surface area contributed by atoms with Crippen LogP contribution >= 0.6 is 0 Å². The summed E-state index contributed by atoms with van der Waals surface area (Å²) in [6.45, 7) is 7.11. The number of aromatic nitrogens is 2. The standard InChI is InChI=1S/C24H29N5O.3H2/c1-16(2)14-19-15-29(13-12-26-19)21-10-9-18(8-7-17-5-6-17)22(28-21)23(30)20-4-3-11-27-24(20)25;;;/h3-4,9-11,16-17,19,26H,5-6,12-15H2,1-2H3,(H2,25,27);3*1H/t19-;;;/m0.../s1. The molecule has 0 amide bonds. The molecule has 2 fully saturated rings. The van der Waals surface area contributed by atoms with Crippen LogP contribution in [0.25, 0.3) is 0 Å². The Balaban J connectivity index is 0.00000181. The van der Waals surface area contributed by atoms with Crippen LogP contribution < -0.4 is 16.0 Å². The maximum absolute atomic E-state index is 13.3. The molecule has 4 rings (SSSR count). The number of hydrogen-bond acceptors (Lipinski definition) is 6. The summed E-state index contributed by atoms with van der Waals surface area (Å²) in [7, 11) is 0. The number of pyridine rings is 2. The molecular weight excluding hydrogens is 374 g/mol. The topological polar surface area (TPSA) is 84.1 Å². The Labute approximate surface area is 182 Å². The van der Waals surface area contributed by atoms with E-state index in [1.807, 2.05) is 12.1 Å². The maximum Gasteiger partial charge on any atom is 0.216 e. The molecule has 1 saturated carbocycles. The summed E-state index contributed by atoms with van der Waals surface area (Å²) in [6.07, 6.45) is 4.96. The number of rotatable bonds is 5. The fraction of sp³-hybridized carbons (Fsp3) is 0.458. The van der Waals surface area contributed by atoms with Gasteiger partial charge in [0.1, 0.15) is 17.3 Å². The fourth-order valence-electron chi connectivity index (χ4n) is 3.80. The second kappa shape index (κ2) is 8.85. The molecule has 30 heavy (non-hydrogen) atoms. The van der Waals surface area contributed by atoms with Crippen LogP contribution in [-0.2, 0) is 0 Å². The van der Waals surface area contributed by atoms with Gasteiger partial charge in [-0.1, -0.05) is 25.7 Å². The van der Waals surface area contributed by atoms with Crippen molar-refractivity contribution in [3.63, 3.8) is 0 Å². The average Bonchev–Trinajstić information content (AvgIpc) is 3.56. The van der Waals surface area contributed by atoms with Crippen molar-refractivity contribution in [2.45, 2.75) is 39.2 Å². The SMILES string of the molecule is CC(C)C[C@H]1CN(c2ccc(C#CC3CC3)c(C(=O)c3cccnc3N)n2)CCN1.[HH].[HH].[HH]. The molecule has 0 radical (unpaired) electrons. The van der Waals surface area contributed by atoms with Crippen LogP contribution in [0.2, 0.25) is 0 Å². The third-order valence-electron chi connectivity index (χ3n) is 5.50. The quantitative estimate of drug-likeness (QED) is 0.580. The minimum atomic E-state index is -0.226. The van der Waals surface area contributed by atoms with E-state index in [-0.39, 0.29) is 15.9 Å². The number of nitrogens with two attached hydrogens (primary N) is 1. The van der Waals surface area contributed by atoms with Crippen molar-refractivity contribution in [3.8, 4) is 11.8 Å². The Morgan fingerprint density at radius 1 is 1.37 bits per heavy atom. The minimum Gasteiger partial charge on any atom is -0.383 e. The molecule has 3 heterocycles. The first-order valence-corrected chi connectivity index (χ1v) is 10.8. The smallest absolute Gasteiger partial charge is 0.216 e. The highest BCUT2D eigenvalue weighted by atomic mass is 16.1. The van der Waals surface area contributed by atoms with Crippen LogP contribution in [0.4, 0.5) is 11.6 Å². The van der Waals surface area contributed by atoms with Gasteiger partial charge in [0.15, 0.2) is 0 Å². The van der Waals surface area contributed by atoms with E-state index < -0.39 is 0 Å². The predicted molar refractivity (Wildman–Crippen MR) is 126 cm³/mol. The summed E-state index contributed by atoms with van der Waals surface area (Å²) >= 11 is 0. The lowest BCUT2D eigenvalue weighted by atomic mass is 10.0. The zero-order valence-electron chi connectivity index (χ0n) is 17.7. The number of nitrogens with zero attached hydrogens (tertiary/aromatic N) is 3. The lowest BCUT2D eigenvalue weighted by Gasteiger charge is -2.35. The molecule has 1 atom stereocenters. The Kier molecular flexibility index (Phi) is 6.01. The largest absolute Gasteiger partial charge is 0.383 e. The Morgan fingerprint density at radius 3 is 2.93 bits per heavy atom. The second-order valence-electron chi connectivity index (χ2n) is 8.60. The zero-order chi connectivity index (χ0) is 21.1. The van der Waals surface area contributed by atoms with Gasteiger partial charge < -0.3 is 16.0 Å². The van der Waals surface area contributed by atoms with Crippen LogP contribution in [0, 0.1) is 23.7 Å². The van der Waals surface area contributed by atoms with Gasteiger partial charge in [0, 0.05) is 42.1 Å². The monoisotopic (exact) mass is 409 g/mol. The fourth-order valence-corrected chi connectivity index (χ4v) is 3.80. The summed E-state index contributed by atoms with van der Waals surface area (Å²) in [5.41, 5.74) is 7.36. The van der Waals surface area contributed by atoms with Gasteiger partial charge in [0.2, 0.25) is 5.78 Å². The van der Waals surface area contributed by atoms with Gasteiger partial charge in [-0.3, -0.25) is 4.79 Å². The number of ketones is 1. The summed E-state index contributed by atoms with van der Waals surface area (Å²) in [6, 6.07) is 7.74. The van der Waals surface area contributed by atoms with E-state index in [1.165, 1.54) is 0 Å². The van der Waals surface area contributed by atoms with Crippen LogP contribution in [-0.4, -0.2) is 41.4 Å². The van der Waals surface area contributed by atoms with E-state index in [0.717, 1.165) is 44.7 Å². The van der Waals surface area contributed by atoms with Crippen LogP contribution in [0.1, 0.15) is 59.0 Å². The molecule has 0 spiro atoms. The Bertz CT molecular complexity index is 1000. The number of carbonyl (C=O) groups is 1. The second-order valence-corrected chi connectivity index (χ2v) is 8.60. The van der Waals surface area contributed by atoms with Crippen molar-refractivity contribution >= 4 is 17.4 Å². The highest BCUT2D eigenvalue weighted by molar-refractivity contribution is 6.11. The van der Waals surface area contributed by atoms with Gasteiger partial charge in [0.05, 0.1) is 11.1 Å². The molecule has 2 aromatic heterocycles. The van der Waals surface area contributed by atoms with Crippen molar-refractivity contribution in [2.75, 3.05) is 30.3 Å². The van der Waals surface area contributed by atoms with Gasteiger partial charge in [-0.2, -0.15) is 0 Å². The van der Waals surface area contributed by atoms with Crippen molar-refractivity contribution in [1.82, 2.24) is 15.3 Å². The van der Waals surface area contributed by atoms with E-state index in [4.69, 9.17) is 10.7 Å². The summed E-state index contributed by atoms with van der Waals surface area (Å²) < 4.78 is 0. The molecule has 2 aromatic rings. The third-order valence-corrected chi connectivity index (χ3v) is 5.50. The van der Waals surface area contributed by atoms with Gasteiger partial charge in [0.25, 0.3) is 0 Å². The van der Waals surface area contributed by atoms with E-state index >= 15 is 0 Å². The van der Waals surface area contributed by atoms with Crippen molar-refractivity contribution in [2.24, 2.45) is 11.8 Å². The molecule has 2 aliphatic rings. The number of nitrogens with one attached hydrogen (secondary N) is 1. The molecule has 1 saturated heterocycles. The van der Waals surface area contributed by atoms with E-state index in [9.17, 15) is 4.79 Å². The highest BCUT2D eigenvalue weighted by Gasteiger charge is 2.24. The van der Waals surface area contributed by atoms with E-state index in [0.29, 0.717) is 34.7 Å². The highest BCUT2D eigenvalue weighted by Crippen LogP contribution is 2.28. The molecule has 6 nitrogen and oxygen atoms in total. The average molecular weight is 410 g/mol. The molecular formula is C24H35N5O. The number of carbonyl (C=O) groups excluding carboxylic acids is 1. The normalized spacial score (nSPS) is 18.8. The summed E-state index contributed by atoms with van der Waals surface area (Å²) in [4.78, 5) is 24.4. The van der Waals surface area contributed by atoms with Gasteiger partial charge >= 0.3 is 0 Å².